The van der Waals surface area contributed by atoms with Gasteiger partial charge in [-0.25, -0.2) is 9.97 Å². The van der Waals surface area contributed by atoms with Crippen LogP contribution in [0.25, 0.3) is 0 Å². The summed E-state index contributed by atoms with van der Waals surface area (Å²) in [5.41, 5.74) is 2.62. The van der Waals surface area contributed by atoms with Crippen LogP contribution in [0.15, 0.2) is 24.5 Å². The first-order chi connectivity index (χ1) is 11.5. The smallest absolute Gasteiger partial charge is 0.353 e. The molecule has 1 aromatic heterocycles. The Labute approximate surface area is 140 Å². The van der Waals surface area contributed by atoms with E-state index in [2.05, 4.69) is 15.3 Å². The molecule has 0 atom stereocenters. The topological polar surface area (TPSA) is 104 Å². The molecule has 24 heavy (non-hydrogen) atoms. The Morgan fingerprint density at radius 2 is 2.08 bits per heavy atom. The van der Waals surface area contributed by atoms with Crippen LogP contribution in [-0.2, 0) is 0 Å². The molecule has 8 heteroatoms. The van der Waals surface area contributed by atoms with Crippen LogP contribution in [0.5, 0.6) is 0 Å². The molecule has 128 valence electrons. The molecule has 0 bridgehead atoms. The van der Waals surface area contributed by atoms with E-state index in [9.17, 15) is 10.1 Å². The lowest BCUT2D eigenvalue weighted by Crippen LogP contribution is -2.28. The maximum atomic E-state index is 11.6. The number of benzene rings is 1. The first kappa shape index (κ1) is 17.6. The van der Waals surface area contributed by atoms with Crippen molar-refractivity contribution in [2.45, 2.75) is 20.8 Å². The average molecular weight is 331 g/mol. The Morgan fingerprint density at radius 1 is 1.33 bits per heavy atom. The molecule has 0 radical (unpaired) electrons. The minimum Gasteiger partial charge on any atom is -0.395 e. The molecular weight excluding hydrogens is 310 g/mol. The van der Waals surface area contributed by atoms with Crippen LogP contribution in [0.1, 0.15) is 18.1 Å². The number of rotatable bonds is 7. The number of aryl methyl sites for hydroxylation is 2. The first-order valence-electron chi connectivity index (χ1n) is 7.67. The third-order valence-corrected chi connectivity index (χ3v) is 3.67. The standard InChI is InChI=1S/C16H21N5O3/c1-4-20(7-8-22)16-14(21(23)24)15(17-10-18-16)19-13-6-5-11(2)9-12(13)3/h5-6,9-10,22H,4,7-8H2,1-3H3,(H,17,18,19). The molecule has 0 saturated carbocycles. The van der Waals surface area contributed by atoms with Gasteiger partial charge in [-0.2, -0.15) is 0 Å². The fourth-order valence-electron chi connectivity index (χ4n) is 2.48. The van der Waals surface area contributed by atoms with Gasteiger partial charge in [0.2, 0.25) is 11.6 Å². The molecule has 0 aliphatic heterocycles. The van der Waals surface area contributed by atoms with E-state index in [0.717, 1.165) is 16.8 Å². The summed E-state index contributed by atoms with van der Waals surface area (Å²) in [5.74, 6) is 0.326. The summed E-state index contributed by atoms with van der Waals surface area (Å²) in [7, 11) is 0. The normalized spacial score (nSPS) is 10.5. The molecule has 1 heterocycles. The van der Waals surface area contributed by atoms with Crippen molar-refractivity contribution < 1.29 is 10.0 Å². The van der Waals surface area contributed by atoms with Crippen LogP contribution < -0.4 is 10.2 Å². The minimum absolute atomic E-state index is 0.116. The van der Waals surface area contributed by atoms with Gasteiger partial charge in [0, 0.05) is 18.8 Å². The van der Waals surface area contributed by atoms with E-state index in [-0.39, 0.29) is 30.5 Å². The quantitative estimate of drug-likeness (QED) is 0.593. The second-order valence-electron chi connectivity index (χ2n) is 5.40. The van der Waals surface area contributed by atoms with Crippen molar-refractivity contribution in [3.8, 4) is 0 Å². The van der Waals surface area contributed by atoms with Crippen LogP contribution >= 0.6 is 0 Å². The van der Waals surface area contributed by atoms with E-state index < -0.39 is 4.92 Å². The van der Waals surface area contributed by atoms with Gasteiger partial charge in [0.05, 0.1) is 11.5 Å². The summed E-state index contributed by atoms with van der Waals surface area (Å²) in [6, 6.07) is 5.77. The van der Waals surface area contributed by atoms with Gasteiger partial charge in [-0.1, -0.05) is 17.7 Å². The fraction of sp³-hybridized carbons (Fsp3) is 0.375. The first-order valence-corrected chi connectivity index (χ1v) is 7.67. The lowest BCUT2D eigenvalue weighted by Gasteiger charge is -2.21. The Morgan fingerprint density at radius 3 is 2.67 bits per heavy atom. The zero-order chi connectivity index (χ0) is 17.7. The predicted octanol–water partition coefficient (Wildman–Crippen LogP) is 2.56. The molecule has 0 aliphatic carbocycles. The van der Waals surface area contributed by atoms with Crippen LogP contribution in [0.2, 0.25) is 0 Å². The Balaban J connectivity index is 2.48. The molecular formula is C16H21N5O3. The summed E-state index contributed by atoms with van der Waals surface area (Å²) >= 11 is 0. The number of nitrogens with zero attached hydrogens (tertiary/aromatic N) is 4. The molecule has 0 aliphatic rings. The van der Waals surface area contributed by atoms with Gasteiger partial charge in [0.1, 0.15) is 6.33 Å². The lowest BCUT2D eigenvalue weighted by molar-refractivity contribution is -0.383. The number of aromatic nitrogens is 2. The summed E-state index contributed by atoms with van der Waals surface area (Å²) in [6.45, 7) is 6.38. The molecule has 0 saturated heterocycles. The Kier molecular flexibility index (Phi) is 5.64. The maximum Gasteiger partial charge on any atom is 0.353 e. The van der Waals surface area contributed by atoms with E-state index in [1.807, 2.05) is 39.0 Å². The number of nitrogens with one attached hydrogen (secondary N) is 1. The van der Waals surface area contributed by atoms with Gasteiger partial charge in [-0.3, -0.25) is 10.1 Å². The van der Waals surface area contributed by atoms with Gasteiger partial charge in [-0.15, -0.1) is 0 Å². The van der Waals surface area contributed by atoms with Gasteiger partial charge < -0.3 is 15.3 Å². The fourth-order valence-corrected chi connectivity index (χ4v) is 2.48. The number of aliphatic hydroxyl groups is 1. The monoisotopic (exact) mass is 331 g/mol. The zero-order valence-corrected chi connectivity index (χ0v) is 14.0. The third kappa shape index (κ3) is 3.77. The predicted molar refractivity (Wildman–Crippen MR) is 92.9 cm³/mol. The van der Waals surface area contributed by atoms with Crippen molar-refractivity contribution >= 4 is 23.0 Å². The number of anilines is 3. The van der Waals surface area contributed by atoms with E-state index in [1.165, 1.54) is 6.33 Å². The molecule has 2 rings (SSSR count). The van der Waals surface area contributed by atoms with Gasteiger partial charge in [0.15, 0.2) is 0 Å². The molecule has 0 fully saturated rings. The number of nitro groups is 1. The summed E-state index contributed by atoms with van der Waals surface area (Å²) in [5, 5.41) is 23.8. The second kappa shape index (κ2) is 7.69. The summed E-state index contributed by atoms with van der Waals surface area (Å²) in [4.78, 5) is 20.8. The number of hydrogen-bond acceptors (Lipinski definition) is 7. The molecule has 2 aromatic rings. The van der Waals surface area contributed by atoms with Crippen LogP contribution in [0.3, 0.4) is 0 Å². The van der Waals surface area contributed by atoms with E-state index in [4.69, 9.17) is 5.11 Å². The molecule has 2 N–H and O–H groups in total. The Bertz CT molecular complexity index is 736. The Hall–Kier alpha value is -2.74. The largest absolute Gasteiger partial charge is 0.395 e. The van der Waals surface area contributed by atoms with Crippen molar-refractivity contribution in [3.05, 3.63) is 45.8 Å². The number of likely N-dealkylation sites (N-methyl/N-ethyl adjacent to an activating group) is 1. The number of hydrogen-bond donors (Lipinski definition) is 2. The van der Waals surface area contributed by atoms with Gasteiger partial charge >= 0.3 is 5.69 Å². The summed E-state index contributed by atoms with van der Waals surface area (Å²) in [6.07, 6.45) is 1.29. The third-order valence-electron chi connectivity index (χ3n) is 3.67. The average Bonchev–Trinajstić information content (AvgIpc) is 2.54. The number of aliphatic hydroxyl groups excluding tert-OH is 1. The molecule has 8 nitrogen and oxygen atoms in total. The molecule has 0 unspecified atom stereocenters. The van der Waals surface area contributed by atoms with Crippen LogP contribution in [-0.4, -0.2) is 39.7 Å². The minimum atomic E-state index is -0.499. The van der Waals surface area contributed by atoms with Crippen molar-refractivity contribution in [1.29, 1.82) is 0 Å². The van der Waals surface area contributed by atoms with Crippen LogP contribution in [0, 0.1) is 24.0 Å². The highest BCUT2D eigenvalue weighted by Crippen LogP contribution is 2.34. The maximum absolute atomic E-state index is 11.6. The molecule has 0 amide bonds. The molecule has 0 spiro atoms. The summed E-state index contributed by atoms with van der Waals surface area (Å²) < 4.78 is 0. The molecule has 1 aromatic carbocycles. The SMILES string of the molecule is CCN(CCO)c1ncnc(Nc2ccc(C)cc2C)c1[N+](=O)[O-]. The van der Waals surface area contributed by atoms with E-state index in [1.54, 1.807) is 4.90 Å². The van der Waals surface area contributed by atoms with Crippen molar-refractivity contribution in [2.24, 2.45) is 0 Å². The highest BCUT2D eigenvalue weighted by atomic mass is 16.6. The highest BCUT2D eigenvalue weighted by molar-refractivity contribution is 5.75. The van der Waals surface area contributed by atoms with Crippen molar-refractivity contribution in [3.63, 3.8) is 0 Å². The highest BCUT2D eigenvalue weighted by Gasteiger charge is 2.26. The second-order valence-corrected chi connectivity index (χ2v) is 5.40. The van der Waals surface area contributed by atoms with Gasteiger partial charge in [0.25, 0.3) is 0 Å². The van der Waals surface area contributed by atoms with Crippen molar-refractivity contribution in [2.75, 3.05) is 29.9 Å². The lowest BCUT2D eigenvalue weighted by atomic mass is 10.1. The zero-order valence-electron chi connectivity index (χ0n) is 14.0. The van der Waals surface area contributed by atoms with Gasteiger partial charge in [-0.05, 0) is 32.4 Å². The van der Waals surface area contributed by atoms with Crippen molar-refractivity contribution in [1.82, 2.24) is 9.97 Å². The van der Waals surface area contributed by atoms with E-state index in [0.29, 0.717) is 6.54 Å². The van der Waals surface area contributed by atoms with E-state index >= 15 is 0 Å². The van der Waals surface area contributed by atoms with Crippen LogP contribution in [0.4, 0.5) is 23.0 Å².